The number of benzene rings is 7. The van der Waals surface area contributed by atoms with Crippen molar-refractivity contribution in [3.8, 4) is 5.69 Å². The fourth-order valence-corrected chi connectivity index (χ4v) is 8.18. The molecule has 0 unspecified atom stereocenters. The molecule has 0 fully saturated rings. The van der Waals surface area contributed by atoms with Gasteiger partial charge in [-0.3, -0.25) is 0 Å². The highest BCUT2D eigenvalue weighted by molar-refractivity contribution is 6.26. The van der Waals surface area contributed by atoms with Gasteiger partial charge in [0, 0.05) is 48.8 Å². The lowest BCUT2D eigenvalue weighted by molar-refractivity contribution is 1.18. The highest BCUT2D eigenvalue weighted by Crippen LogP contribution is 2.42. The minimum atomic E-state index is 1.16. The van der Waals surface area contributed by atoms with Gasteiger partial charge < -0.3 is 13.4 Å². The summed E-state index contributed by atoms with van der Waals surface area (Å²) >= 11 is 0. The van der Waals surface area contributed by atoms with Crippen LogP contribution in [-0.2, 0) is 0 Å². The molecule has 0 aliphatic heterocycles. The molecule has 0 amide bonds. The van der Waals surface area contributed by atoms with Crippen LogP contribution in [0.2, 0.25) is 0 Å². The van der Waals surface area contributed by atoms with Crippen LogP contribution in [0.25, 0.3) is 92.9 Å². The Kier molecular flexibility index (Phi) is 4.32. The van der Waals surface area contributed by atoms with Crippen molar-refractivity contribution in [3.63, 3.8) is 0 Å². The maximum atomic E-state index is 2.53. The maximum Gasteiger partial charge on any atom is 0.0724 e. The Morgan fingerprint density at radius 2 is 0.689 bits per heavy atom. The van der Waals surface area contributed by atoms with Crippen LogP contribution in [0.15, 0.2) is 152 Å². The van der Waals surface area contributed by atoms with E-state index in [0.29, 0.717) is 0 Å². The monoisotopic (exact) mass is 571 g/mol. The Labute approximate surface area is 257 Å². The van der Waals surface area contributed by atoms with Gasteiger partial charge in [0.25, 0.3) is 0 Å². The summed E-state index contributed by atoms with van der Waals surface area (Å²) in [7, 11) is 0. The molecule has 3 nitrogen and oxygen atoms in total. The molecule has 4 heterocycles. The number of hydrogen-bond donors (Lipinski definition) is 0. The van der Waals surface area contributed by atoms with E-state index in [1.54, 1.807) is 0 Å². The molecule has 0 atom stereocenters. The summed E-state index contributed by atoms with van der Waals surface area (Å²) in [6, 6.07) is 55.8. The lowest BCUT2D eigenvalue weighted by Gasteiger charge is -2.12. The predicted molar refractivity (Wildman–Crippen MR) is 190 cm³/mol. The van der Waals surface area contributed by atoms with Crippen LogP contribution in [-0.4, -0.2) is 13.4 Å². The van der Waals surface area contributed by atoms with E-state index < -0.39 is 0 Å². The second-order valence-corrected chi connectivity index (χ2v) is 12.2. The summed E-state index contributed by atoms with van der Waals surface area (Å²) in [6.07, 6.45) is 0. The number of aromatic nitrogens is 3. The zero-order chi connectivity index (χ0) is 29.2. The van der Waals surface area contributed by atoms with E-state index in [4.69, 9.17) is 0 Å². The van der Waals surface area contributed by atoms with Crippen molar-refractivity contribution in [3.05, 3.63) is 152 Å². The largest absolute Gasteiger partial charge is 0.309 e. The summed E-state index contributed by atoms with van der Waals surface area (Å²) in [5.74, 6) is 0. The Hall–Kier alpha value is -6.06. The summed E-state index contributed by atoms with van der Waals surface area (Å²) in [6.45, 7) is 0. The number of para-hydroxylation sites is 6. The molecule has 45 heavy (non-hydrogen) atoms. The van der Waals surface area contributed by atoms with Crippen LogP contribution in [0.5, 0.6) is 0 Å². The average molecular weight is 572 g/mol. The molecule has 0 spiro atoms. The van der Waals surface area contributed by atoms with E-state index in [2.05, 4.69) is 165 Å². The molecule has 0 aliphatic rings. The minimum absolute atomic E-state index is 1.16. The second-order valence-electron chi connectivity index (χ2n) is 12.2. The van der Waals surface area contributed by atoms with Crippen LogP contribution in [0.3, 0.4) is 0 Å². The average Bonchev–Trinajstić information content (AvgIpc) is 3.73. The van der Waals surface area contributed by atoms with Crippen molar-refractivity contribution in [2.75, 3.05) is 0 Å². The number of nitrogens with zero attached hydrogens (tertiary/aromatic N) is 3. The second kappa shape index (κ2) is 8.31. The zero-order valence-electron chi connectivity index (χ0n) is 24.3. The summed E-state index contributed by atoms with van der Waals surface area (Å²) in [4.78, 5) is 0. The first-order valence-corrected chi connectivity index (χ1v) is 15.5. The highest BCUT2D eigenvalue weighted by atomic mass is 15.0. The molecule has 4 aromatic heterocycles. The van der Waals surface area contributed by atoms with Crippen molar-refractivity contribution in [2.24, 2.45) is 0 Å². The van der Waals surface area contributed by atoms with Gasteiger partial charge in [0.2, 0.25) is 0 Å². The Bertz CT molecular complexity index is 3030. The van der Waals surface area contributed by atoms with Gasteiger partial charge in [0.1, 0.15) is 0 Å². The number of fused-ring (bicyclic) bond motifs is 13. The first-order chi connectivity index (χ1) is 22.4. The molecule has 3 heteroatoms. The molecule has 0 radical (unpaired) electrons. The molecule has 11 rings (SSSR count). The van der Waals surface area contributed by atoms with Gasteiger partial charge in [-0.1, -0.05) is 109 Å². The lowest BCUT2D eigenvalue weighted by atomic mass is 10.0. The van der Waals surface area contributed by atoms with Crippen LogP contribution in [0.1, 0.15) is 0 Å². The van der Waals surface area contributed by atoms with Crippen molar-refractivity contribution < 1.29 is 0 Å². The third kappa shape index (κ3) is 2.86. The highest BCUT2D eigenvalue weighted by Gasteiger charge is 2.21. The first-order valence-electron chi connectivity index (χ1n) is 15.5. The van der Waals surface area contributed by atoms with Gasteiger partial charge in [-0.25, -0.2) is 0 Å². The van der Waals surface area contributed by atoms with E-state index in [9.17, 15) is 0 Å². The van der Waals surface area contributed by atoms with Gasteiger partial charge in [-0.2, -0.15) is 0 Å². The van der Waals surface area contributed by atoms with Crippen molar-refractivity contribution in [2.45, 2.75) is 0 Å². The van der Waals surface area contributed by atoms with Crippen LogP contribution in [0.4, 0.5) is 0 Å². The van der Waals surface area contributed by atoms with E-state index in [0.717, 1.165) is 5.69 Å². The third-order valence-electron chi connectivity index (χ3n) is 9.94. The maximum absolute atomic E-state index is 2.53. The van der Waals surface area contributed by atoms with E-state index in [-0.39, 0.29) is 0 Å². The number of hydrogen-bond acceptors (Lipinski definition) is 0. The molecule has 0 N–H and O–H groups in total. The molecule has 0 aliphatic carbocycles. The molecule has 0 saturated carbocycles. The summed E-state index contributed by atoms with van der Waals surface area (Å²) in [5.41, 5.74) is 10.9. The third-order valence-corrected chi connectivity index (χ3v) is 9.94. The van der Waals surface area contributed by atoms with E-state index >= 15 is 0 Å². The van der Waals surface area contributed by atoms with Crippen LogP contribution < -0.4 is 0 Å². The van der Waals surface area contributed by atoms with Crippen molar-refractivity contribution in [1.29, 1.82) is 0 Å². The van der Waals surface area contributed by atoms with Crippen LogP contribution >= 0.6 is 0 Å². The molecule has 0 saturated heterocycles. The Morgan fingerprint density at radius 1 is 0.267 bits per heavy atom. The summed E-state index contributed by atoms with van der Waals surface area (Å²) < 4.78 is 7.48. The smallest absolute Gasteiger partial charge is 0.0724 e. The quantitative estimate of drug-likeness (QED) is 0.186. The molecule has 208 valence electrons. The lowest BCUT2D eigenvalue weighted by Crippen LogP contribution is -1.97. The van der Waals surface area contributed by atoms with Gasteiger partial charge >= 0.3 is 0 Å². The molecule has 7 aromatic carbocycles. The number of rotatable bonds is 1. The Balaban J connectivity index is 1.55. The Morgan fingerprint density at radius 3 is 1.27 bits per heavy atom. The first kappa shape index (κ1) is 23.4. The summed E-state index contributed by atoms with van der Waals surface area (Å²) in [5, 5.41) is 10.1. The minimum Gasteiger partial charge on any atom is -0.309 e. The van der Waals surface area contributed by atoms with Gasteiger partial charge in [-0.15, -0.1) is 0 Å². The molecule has 11 aromatic rings. The van der Waals surface area contributed by atoms with Gasteiger partial charge in [0.05, 0.1) is 44.1 Å². The van der Waals surface area contributed by atoms with Crippen molar-refractivity contribution in [1.82, 2.24) is 13.4 Å². The van der Waals surface area contributed by atoms with E-state index in [1.165, 1.54) is 87.2 Å². The standard InChI is InChI=1S/C42H25N3/c1-2-12-26(13-3-1)43-35-21-7-6-16-29(35)34-24-39-40(25-38(34)43)45-37-23-9-5-15-28(37)31-18-11-20-33(42(31)45)32-19-10-17-30-27-14-4-8-22-36(27)44(39)41(30)32/h1-25H. The molecular formula is C42H25N3. The molecular weight excluding hydrogens is 546 g/mol. The fourth-order valence-electron chi connectivity index (χ4n) is 8.18. The van der Waals surface area contributed by atoms with E-state index in [1.807, 2.05) is 0 Å². The van der Waals surface area contributed by atoms with Crippen molar-refractivity contribution >= 4 is 87.2 Å². The van der Waals surface area contributed by atoms with Gasteiger partial charge in [-0.05, 0) is 42.5 Å². The predicted octanol–water partition coefficient (Wildman–Crippen LogP) is 11.1. The SMILES string of the molecule is c1ccc(-n2c3ccccc3c3cc4c(cc32)n2c3ccccc3c3cccc(c5cccc6c7ccccc7n4c65)c32)cc1. The topological polar surface area (TPSA) is 13.8 Å². The zero-order valence-corrected chi connectivity index (χ0v) is 24.3. The fraction of sp³-hybridized carbons (Fsp3) is 0. The molecule has 0 bridgehead atoms. The normalized spacial score (nSPS) is 12.4. The van der Waals surface area contributed by atoms with Crippen LogP contribution in [0, 0.1) is 0 Å². The van der Waals surface area contributed by atoms with Gasteiger partial charge in [0.15, 0.2) is 0 Å².